The van der Waals surface area contributed by atoms with Crippen LogP contribution in [0.2, 0.25) is 0 Å². The van der Waals surface area contributed by atoms with E-state index in [2.05, 4.69) is 0 Å². The van der Waals surface area contributed by atoms with E-state index in [0.29, 0.717) is 12.2 Å². The number of carboxylic acid groups (broad SMARTS) is 2. The zero-order chi connectivity index (χ0) is 6.57. The maximum absolute atomic E-state index is 9.55. The SMILES string of the molecule is O=C(O)/C=C\C(=O)O.[Gd].[NaH]. The average Bonchev–Trinajstić information content (AvgIpc) is 1.61. The first kappa shape index (κ1) is 17.2. The zero-order valence-corrected chi connectivity index (χ0v) is 6.49. The molecule has 0 spiro atoms. The molecule has 6 heteroatoms. The van der Waals surface area contributed by atoms with E-state index in [1.807, 2.05) is 0 Å². The second-order valence-corrected chi connectivity index (χ2v) is 1.01. The summed E-state index contributed by atoms with van der Waals surface area (Å²) in [5.41, 5.74) is 0. The van der Waals surface area contributed by atoms with Crippen molar-refractivity contribution >= 4 is 41.5 Å². The van der Waals surface area contributed by atoms with E-state index >= 15 is 0 Å². The van der Waals surface area contributed by atoms with Gasteiger partial charge >= 0.3 is 41.5 Å². The van der Waals surface area contributed by atoms with Crippen LogP contribution in [0.15, 0.2) is 12.2 Å². The first-order valence-electron chi connectivity index (χ1n) is 1.77. The molecule has 0 amide bonds. The monoisotopic (exact) mass is 298 g/mol. The zero-order valence-electron chi connectivity index (χ0n) is 4.22. The topological polar surface area (TPSA) is 74.6 Å². The molecule has 0 aliphatic rings. The second-order valence-electron chi connectivity index (χ2n) is 1.01. The van der Waals surface area contributed by atoms with E-state index in [4.69, 9.17) is 10.2 Å². The van der Waals surface area contributed by atoms with Crippen LogP contribution in [-0.4, -0.2) is 51.7 Å². The number of aliphatic carboxylic acids is 2. The van der Waals surface area contributed by atoms with Crippen LogP contribution in [0.4, 0.5) is 0 Å². The molecule has 0 bridgehead atoms. The predicted octanol–water partition coefficient (Wildman–Crippen LogP) is -0.937. The number of hydrogen-bond acceptors (Lipinski definition) is 2. The van der Waals surface area contributed by atoms with Crippen LogP contribution in [0.5, 0.6) is 0 Å². The fourth-order valence-electron chi connectivity index (χ4n) is 0.143. The average molecular weight is 297 g/mol. The van der Waals surface area contributed by atoms with E-state index in [-0.39, 0.29) is 69.5 Å². The first-order valence-corrected chi connectivity index (χ1v) is 1.77. The van der Waals surface area contributed by atoms with Gasteiger partial charge < -0.3 is 10.2 Å². The van der Waals surface area contributed by atoms with Crippen molar-refractivity contribution in [2.24, 2.45) is 0 Å². The molecule has 4 nitrogen and oxygen atoms in total. The van der Waals surface area contributed by atoms with Crippen LogP contribution in [0.3, 0.4) is 0 Å². The van der Waals surface area contributed by atoms with Crippen molar-refractivity contribution in [2.75, 3.05) is 0 Å². The molecule has 0 rings (SSSR count). The van der Waals surface area contributed by atoms with E-state index in [0.717, 1.165) is 0 Å². The summed E-state index contributed by atoms with van der Waals surface area (Å²) in [6.07, 6.45) is 1.12. The van der Waals surface area contributed by atoms with Crippen molar-refractivity contribution in [3.8, 4) is 0 Å². The molecule has 0 radical (unpaired) electrons. The Hall–Kier alpha value is 1.00. The Bertz CT molecular complexity index is 128. The third-order valence-corrected chi connectivity index (χ3v) is 0.368. The standard InChI is InChI=1S/C4H4O4.Gd.Na.H/c5-3(6)1-2-4(7)8;;;/h1-2H,(H,5,6)(H,7,8);;;/b2-1-;;;. The summed E-state index contributed by atoms with van der Waals surface area (Å²) in [5, 5.41) is 15.6. The van der Waals surface area contributed by atoms with Gasteiger partial charge in [-0.2, -0.15) is 0 Å². The molecule has 0 atom stereocenters. The van der Waals surface area contributed by atoms with E-state index in [1.165, 1.54) is 0 Å². The van der Waals surface area contributed by atoms with Crippen LogP contribution in [0.25, 0.3) is 0 Å². The van der Waals surface area contributed by atoms with Gasteiger partial charge in [-0.1, -0.05) is 0 Å². The molecule has 0 fully saturated rings. The van der Waals surface area contributed by atoms with Gasteiger partial charge in [-0.3, -0.25) is 0 Å². The van der Waals surface area contributed by atoms with Crippen molar-refractivity contribution < 1.29 is 59.7 Å². The normalized spacial score (nSPS) is 7.60. The van der Waals surface area contributed by atoms with Gasteiger partial charge in [-0.25, -0.2) is 9.59 Å². The number of carbonyl (C=O) groups is 2. The molecule has 0 heterocycles. The minimum absolute atomic E-state index is 0. The van der Waals surface area contributed by atoms with Gasteiger partial charge in [0, 0.05) is 52.1 Å². The molecular weight excluding hydrogens is 292 g/mol. The third kappa shape index (κ3) is 16.0. The van der Waals surface area contributed by atoms with Crippen molar-refractivity contribution in [3.05, 3.63) is 12.2 Å². The Morgan fingerprint density at radius 3 is 1.30 bits per heavy atom. The van der Waals surface area contributed by atoms with Gasteiger partial charge in [0.2, 0.25) is 0 Å². The van der Waals surface area contributed by atoms with Crippen LogP contribution in [0.1, 0.15) is 0 Å². The second kappa shape index (κ2) is 10.0. The van der Waals surface area contributed by atoms with Crippen molar-refractivity contribution in [1.29, 1.82) is 0 Å². The fourth-order valence-corrected chi connectivity index (χ4v) is 0.143. The van der Waals surface area contributed by atoms with E-state index in [9.17, 15) is 9.59 Å². The van der Waals surface area contributed by atoms with Crippen molar-refractivity contribution in [2.45, 2.75) is 0 Å². The van der Waals surface area contributed by atoms with Gasteiger partial charge in [-0.05, 0) is 0 Å². The molecule has 0 aromatic heterocycles. The van der Waals surface area contributed by atoms with Crippen LogP contribution in [-0.2, 0) is 9.59 Å². The molecule has 54 valence electrons. The summed E-state index contributed by atoms with van der Waals surface area (Å²) < 4.78 is 0. The fraction of sp³-hybridized carbons (Fsp3) is 0. The van der Waals surface area contributed by atoms with E-state index < -0.39 is 11.9 Å². The molecule has 0 unspecified atom stereocenters. The van der Waals surface area contributed by atoms with Crippen molar-refractivity contribution in [3.63, 3.8) is 0 Å². The summed E-state index contributed by atoms with van der Waals surface area (Å²) in [7, 11) is 0. The summed E-state index contributed by atoms with van der Waals surface area (Å²) in [6, 6.07) is 0. The molecule has 0 aromatic rings. The third-order valence-electron chi connectivity index (χ3n) is 0.368. The van der Waals surface area contributed by atoms with Crippen LogP contribution < -0.4 is 0 Å². The van der Waals surface area contributed by atoms with Crippen molar-refractivity contribution in [1.82, 2.24) is 0 Å². The predicted molar refractivity (Wildman–Crippen MR) is 31.6 cm³/mol. The Morgan fingerprint density at radius 1 is 1.00 bits per heavy atom. The summed E-state index contributed by atoms with van der Waals surface area (Å²) >= 11 is 0. The van der Waals surface area contributed by atoms with Gasteiger partial charge in [0.05, 0.1) is 0 Å². The quantitative estimate of drug-likeness (QED) is 0.510. The Kier molecular flexibility index (Phi) is 17.2. The first-order chi connectivity index (χ1) is 3.63. The summed E-state index contributed by atoms with van der Waals surface area (Å²) in [4.78, 5) is 19.1. The molecule has 0 saturated heterocycles. The molecular formula is C4H5GdNaO4. The van der Waals surface area contributed by atoms with E-state index in [1.54, 1.807) is 0 Å². The van der Waals surface area contributed by atoms with Crippen LogP contribution >= 0.6 is 0 Å². The number of carboxylic acids is 2. The molecule has 10 heavy (non-hydrogen) atoms. The number of rotatable bonds is 2. The van der Waals surface area contributed by atoms with Gasteiger partial charge in [0.25, 0.3) is 0 Å². The molecule has 0 aliphatic carbocycles. The van der Waals surface area contributed by atoms with Gasteiger partial charge in [0.1, 0.15) is 0 Å². The minimum atomic E-state index is -1.26. The van der Waals surface area contributed by atoms with Gasteiger partial charge in [-0.15, -0.1) is 0 Å². The summed E-state index contributed by atoms with van der Waals surface area (Å²) in [6.45, 7) is 0. The molecule has 0 aliphatic heterocycles. The van der Waals surface area contributed by atoms with Crippen LogP contribution in [0, 0.1) is 39.9 Å². The molecule has 2 N–H and O–H groups in total. The molecule has 0 aromatic carbocycles. The van der Waals surface area contributed by atoms with Gasteiger partial charge in [0.15, 0.2) is 0 Å². The maximum atomic E-state index is 9.55. The number of hydrogen-bond donors (Lipinski definition) is 2. The Labute approximate surface area is 112 Å². The molecule has 0 saturated carbocycles. The Balaban J connectivity index is -0.000000245. The summed E-state index contributed by atoms with van der Waals surface area (Å²) in [5.74, 6) is -2.51. The Morgan fingerprint density at radius 2 is 1.20 bits per heavy atom.